The molecule has 8 nitrogen and oxygen atoms in total. The molecule has 9 heteroatoms. The van der Waals surface area contributed by atoms with Crippen molar-refractivity contribution in [3.63, 3.8) is 0 Å². The number of nitrogens with zero attached hydrogens (tertiary/aromatic N) is 2. The van der Waals surface area contributed by atoms with Crippen LogP contribution in [0, 0.1) is 6.92 Å². The van der Waals surface area contributed by atoms with Crippen LogP contribution in [0.15, 0.2) is 114 Å². The number of rotatable bonds is 14. The first-order chi connectivity index (χ1) is 21.6. The number of aryl methyl sites for hydroxylation is 1. The number of methoxy groups -OCH3 is 1. The lowest BCUT2D eigenvalue weighted by Crippen LogP contribution is -2.54. The summed E-state index contributed by atoms with van der Waals surface area (Å²) in [6.07, 6.45) is 0.977. The molecule has 4 rings (SSSR count). The highest BCUT2D eigenvalue weighted by Crippen LogP contribution is 2.27. The summed E-state index contributed by atoms with van der Waals surface area (Å²) < 4.78 is 34.5. The predicted molar refractivity (Wildman–Crippen MR) is 178 cm³/mol. The van der Waals surface area contributed by atoms with E-state index in [1.807, 2.05) is 75.4 Å². The molecule has 0 aliphatic rings. The summed E-state index contributed by atoms with van der Waals surface area (Å²) in [4.78, 5) is 30.0. The minimum Gasteiger partial charge on any atom is -0.497 e. The van der Waals surface area contributed by atoms with Crippen molar-refractivity contribution in [2.45, 2.75) is 57.1 Å². The molecule has 1 N–H and O–H groups in total. The molecule has 0 saturated heterocycles. The largest absolute Gasteiger partial charge is 0.497 e. The Bertz CT molecular complexity index is 1640. The molecule has 0 saturated carbocycles. The van der Waals surface area contributed by atoms with Crippen molar-refractivity contribution < 1.29 is 22.7 Å². The van der Waals surface area contributed by atoms with Gasteiger partial charge in [0.2, 0.25) is 11.8 Å². The van der Waals surface area contributed by atoms with Crippen LogP contribution in [0.5, 0.6) is 5.75 Å². The Hall–Kier alpha value is -4.63. The number of carbonyl (C=O) groups is 2. The summed E-state index contributed by atoms with van der Waals surface area (Å²) >= 11 is 0. The van der Waals surface area contributed by atoms with Crippen molar-refractivity contribution in [1.29, 1.82) is 0 Å². The zero-order valence-electron chi connectivity index (χ0n) is 26.2. The van der Waals surface area contributed by atoms with Gasteiger partial charge < -0.3 is 15.0 Å². The number of amides is 2. The van der Waals surface area contributed by atoms with Crippen molar-refractivity contribution in [2.24, 2.45) is 0 Å². The van der Waals surface area contributed by atoms with Gasteiger partial charge in [-0.15, -0.1) is 0 Å². The summed E-state index contributed by atoms with van der Waals surface area (Å²) in [5, 5.41) is 3.06. The van der Waals surface area contributed by atoms with Crippen LogP contribution in [0.2, 0.25) is 0 Å². The van der Waals surface area contributed by atoms with E-state index >= 15 is 0 Å². The van der Waals surface area contributed by atoms with Gasteiger partial charge >= 0.3 is 0 Å². The molecule has 4 aromatic carbocycles. The molecule has 0 aliphatic carbocycles. The van der Waals surface area contributed by atoms with Gasteiger partial charge in [0.25, 0.3) is 10.0 Å². The second-order valence-corrected chi connectivity index (χ2v) is 12.9. The maximum atomic E-state index is 14.5. The lowest BCUT2D eigenvalue weighted by atomic mass is 10.0. The maximum absolute atomic E-state index is 14.5. The van der Waals surface area contributed by atoms with Crippen LogP contribution < -0.4 is 14.4 Å². The quantitative estimate of drug-likeness (QED) is 0.192. The van der Waals surface area contributed by atoms with Gasteiger partial charge in [-0.25, -0.2) is 8.42 Å². The van der Waals surface area contributed by atoms with Gasteiger partial charge in [0.15, 0.2) is 0 Å². The number of nitrogens with one attached hydrogen (secondary N) is 1. The molecule has 0 aromatic heterocycles. The van der Waals surface area contributed by atoms with Gasteiger partial charge in [0, 0.05) is 19.0 Å². The van der Waals surface area contributed by atoms with E-state index in [0.29, 0.717) is 11.4 Å². The molecule has 0 radical (unpaired) electrons. The van der Waals surface area contributed by atoms with Gasteiger partial charge in [-0.05, 0) is 67.8 Å². The highest BCUT2D eigenvalue weighted by Gasteiger charge is 2.35. The first-order valence-corrected chi connectivity index (χ1v) is 16.5. The van der Waals surface area contributed by atoms with Crippen molar-refractivity contribution in [1.82, 2.24) is 10.2 Å². The lowest BCUT2D eigenvalue weighted by molar-refractivity contribution is -0.140. The second kappa shape index (κ2) is 15.4. The number of ether oxygens (including phenoxy) is 1. The molecular formula is C36H41N3O5S. The van der Waals surface area contributed by atoms with Gasteiger partial charge in [0.05, 0.1) is 17.7 Å². The first kappa shape index (κ1) is 33.3. The highest BCUT2D eigenvalue weighted by atomic mass is 32.2. The zero-order valence-corrected chi connectivity index (χ0v) is 27.0. The van der Waals surface area contributed by atoms with Crippen LogP contribution in [-0.2, 0) is 32.6 Å². The molecule has 236 valence electrons. The molecule has 45 heavy (non-hydrogen) atoms. The smallest absolute Gasteiger partial charge is 0.264 e. The number of hydrogen-bond donors (Lipinski definition) is 1. The van der Waals surface area contributed by atoms with Gasteiger partial charge in [-0.1, -0.05) is 85.3 Å². The standard InChI is InChI=1S/C36H41N3O5S/c1-5-28(3)37-36(41)34(24-29-12-8-6-9-13-29)38(25-30-18-16-27(2)17-19-30)35(40)26-39(31-20-22-32(44-4)23-21-31)45(42,43)33-14-10-7-11-15-33/h6-23,28,34H,5,24-26H2,1-4H3,(H,37,41)/t28-,34+/m0/s1. The van der Waals surface area contributed by atoms with E-state index in [0.717, 1.165) is 27.4 Å². The molecule has 2 atom stereocenters. The minimum absolute atomic E-state index is 0.0500. The van der Waals surface area contributed by atoms with E-state index in [1.165, 1.54) is 24.1 Å². The Balaban J connectivity index is 1.79. The van der Waals surface area contributed by atoms with E-state index in [2.05, 4.69) is 5.32 Å². The first-order valence-electron chi connectivity index (χ1n) is 15.0. The van der Waals surface area contributed by atoms with Crippen LogP contribution >= 0.6 is 0 Å². The topological polar surface area (TPSA) is 96.0 Å². The van der Waals surface area contributed by atoms with E-state index in [9.17, 15) is 18.0 Å². The highest BCUT2D eigenvalue weighted by molar-refractivity contribution is 7.92. The molecule has 0 unspecified atom stereocenters. The van der Waals surface area contributed by atoms with Crippen LogP contribution in [0.4, 0.5) is 5.69 Å². The maximum Gasteiger partial charge on any atom is 0.264 e. The van der Waals surface area contributed by atoms with E-state index < -0.39 is 28.5 Å². The van der Waals surface area contributed by atoms with E-state index in [4.69, 9.17) is 4.74 Å². The van der Waals surface area contributed by atoms with Crippen molar-refractivity contribution >= 4 is 27.5 Å². The van der Waals surface area contributed by atoms with Crippen molar-refractivity contribution in [2.75, 3.05) is 18.0 Å². The molecule has 0 spiro atoms. The zero-order chi connectivity index (χ0) is 32.4. The van der Waals surface area contributed by atoms with Crippen molar-refractivity contribution in [3.05, 3.63) is 126 Å². The average molecular weight is 628 g/mol. The van der Waals surface area contributed by atoms with Crippen molar-refractivity contribution in [3.8, 4) is 5.75 Å². The summed E-state index contributed by atoms with van der Waals surface area (Å²) in [6.45, 7) is 5.48. The fraction of sp³-hybridized carbons (Fsp3) is 0.278. The molecule has 0 aliphatic heterocycles. The van der Waals surface area contributed by atoms with E-state index in [-0.39, 0.29) is 29.8 Å². The number of carbonyl (C=O) groups excluding carboxylic acids is 2. The lowest BCUT2D eigenvalue weighted by Gasteiger charge is -2.34. The summed E-state index contributed by atoms with van der Waals surface area (Å²) in [6, 6.07) is 30.8. The normalized spacial score (nSPS) is 12.5. The third-order valence-corrected chi connectivity index (χ3v) is 9.50. The summed E-state index contributed by atoms with van der Waals surface area (Å²) in [7, 11) is -2.64. The summed E-state index contributed by atoms with van der Waals surface area (Å²) in [5.74, 6) is -0.255. The molecule has 0 bridgehead atoms. The van der Waals surface area contributed by atoms with Crippen LogP contribution in [0.3, 0.4) is 0 Å². The van der Waals surface area contributed by atoms with E-state index in [1.54, 1.807) is 42.5 Å². The minimum atomic E-state index is -4.16. The number of hydrogen-bond acceptors (Lipinski definition) is 5. The fourth-order valence-electron chi connectivity index (χ4n) is 4.88. The number of anilines is 1. The second-order valence-electron chi connectivity index (χ2n) is 11.1. The van der Waals surface area contributed by atoms with Crippen LogP contribution in [0.1, 0.15) is 37.0 Å². The Morgan fingerprint density at radius 3 is 2.00 bits per heavy atom. The monoisotopic (exact) mass is 627 g/mol. The Labute approximate surface area is 266 Å². The van der Waals surface area contributed by atoms with Crippen LogP contribution in [0.25, 0.3) is 0 Å². The average Bonchev–Trinajstić information content (AvgIpc) is 3.06. The molecular weight excluding hydrogens is 586 g/mol. The Kier molecular flexibility index (Phi) is 11.4. The fourth-order valence-corrected chi connectivity index (χ4v) is 6.32. The van der Waals surface area contributed by atoms with Gasteiger partial charge in [0.1, 0.15) is 18.3 Å². The summed E-state index contributed by atoms with van der Waals surface area (Å²) in [5.41, 5.74) is 3.07. The Morgan fingerprint density at radius 2 is 1.42 bits per heavy atom. The third-order valence-electron chi connectivity index (χ3n) is 7.72. The van der Waals surface area contributed by atoms with Gasteiger partial charge in [-0.3, -0.25) is 13.9 Å². The molecule has 0 heterocycles. The van der Waals surface area contributed by atoms with Gasteiger partial charge in [-0.2, -0.15) is 0 Å². The third kappa shape index (κ3) is 8.73. The number of benzene rings is 4. The SMILES string of the molecule is CC[C@H](C)NC(=O)[C@@H](Cc1ccccc1)N(Cc1ccc(C)cc1)C(=O)CN(c1ccc(OC)cc1)S(=O)(=O)c1ccccc1. The number of sulfonamides is 1. The Morgan fingerprint density at radius 1 is 0.822 bits per heavy atom. The predicted octanol–water partition coefficient (Wildman–Crippen LogP) is 5.75. The molecule has 0 fully saturated rings. The van der Waals surface area contributed by atoms with Crippen LogP contribution in [-0.4, -0.2) is 50.9 Å². The molecule has 2 amide bonds. The molecule has 4 aromatic rings.